The van der Waals surface area contributed by atoms with Crippen LogP contribution >= 0.6 is 0 Å². The lowest BCUT2D eigenvalue weighted by Crippen LogP contribution is -2.49. The minimum absolute atomic E-state index is 0.279. The molecule has 0 atom stereocenters. The van der Waals surface area contributed by atoms with Gasteiger partial charge in [0.1, 0.15) is 11.4 Å². The average Bonchev–Trinajstić information content (AvgIpc) is 3.43. The van der Waals surface area contributed by atoms with Crippen LogP contribution in [-0.4, -0.2) is 80.5 Å². The van der Waals surface area contributed by atoms with E-state index in [0.29, 0.717) is 71.4 Å². The summed E-state index contributed by atoms with van der Waals surface area (Å²) >= 11 is 0. The first-order valence-corrected chi connectivity index (χ1v) is 13.5. The molecule has 1 aromatic heterocycles. The third-order valence-electron chi connectivity index (χ3n) is 5.87. The topological polar surface area (TPSA) is 172 Å². The lowest BCUT2D eigenvalue weighted by Gasteiger charge is -2.27. The van der Waals surface area contributed by atoms with E-state index in [1.165, 1.54) is 0 Å². The van der Waals surface area contributed by atoms with Gasteiger partial charge in [-0.15, -0.1) is 0 Å². The number of H-pyrrole nitrogens is 1. The van der Waals surface area contributed by atoms with Gasteiger partial charge in [-0.05, 0) is 30.3 Å². The van der Waals surface area contributed by atoms with Gasteiger partial charge in [0.05, 0.1) is 42.0 Å². The fraction of sp³-hybridized carbons (Fsp3) is 0.250. The minimum Gasteiger partial charge on any atom is -0.484 e. The Kier molecular flexibility index (Phi) is 6.84. The van der Waals surface area contributed by atoms with Crippen LogP contribution in [-0.2, 0) is 19.6 Å². The van der Waals surface area contributed by atoms with Crippen molar-refractivity contribution in [2.45, 2.75) is 0 Å². The summed E-state index contributed by atoms with van der Waals surface area (Å²) in [5, 5.41) is 11.8. The molecule has 0 spiro atoms. The molecule has 1 fully saturated rings. The summed E-state index contributed by atoms with van der Waals surface area (Å²) in [7, 11) is -3.67. The number of aromatic amines is 1. The number of nitrogens with one attached hydrogen (secondary N) is 4. The van der Waals surface area contributed by atoms with E-state index in [2.05, 4.69) is 20.9 Å². The van der Waals surface area contributed by atoms with E-state index in [-0.39, 0.29) is 5.78 Å². The third-order valence-corrected chi connectivity index (χ3v) is 6.47. The standard InChI is InChI=1S/C24H24N6O7S/c1-38(34,35)29-18(31)13-37-15-7-5-14(6-8-15)21-20-22(27-26-21)16-3-2-4-17(19(16)23(20)32)25-24(33)28-30-9-11-36-12-10-30/h2-8H,9-13H2,1H3,(H,26,27)(H,29,31)(H2,25,28,33). The van der Waals surface area contributed by atoms with E-state index >= 15 is 0 Å². The summed E-state index contributed by atoms with van der Waals surface area (Å²) in [6, 6.07) is 11.3. The highest BCUT2D eigenvalue weighted by Gasteiger charge is 2.35. The highest BCUT2D eigenvalue weighted by molar-refractivity contribution is 7.89. The summed E-state index contributed by atoms with van der Waals surface area (Å²) in [6.45, 7) is 1.70. The molecule has 14 heteroatoms. The van der Waals surface area contributed by atoms with Crippen LogP contribution in [0.5, 0.6) is 5.75 Å². The van der Waals surface area contributed by atoms with E-state index < -0.39 is 28.6 Å². The molecule has 3 aromatic rings. The van der Waals surface area contributed by atoms with Crippen LogP contribution in [0.4, 0.5) is 10.5 Å². The number of carbonyl (C=O) groups is 3. The molecule has 13 nitrogen and oxygen atoms in total. The maximum atomic E-state index is 13.5. The third kappa shape index (κ3) is 5.37. The molecule has 1 aliphatic heterocycles. The summed E-state index contributed by atoms with van der Waals surface area (Å²) < 4.78 is 34.7. The molecule has 3 amide bonds. The van der Waals surface area contributed by atoms with Gasteiger partial charge in [0.25, 0.3) is 5.91 Å². The molecule has 1 saturated heterocycles. The molecule has 2 heterocycles. The maximum absolute atomic E-state index is 13.5. The van der Waals surface area contributed by atoms with Crippen molar-refractivity contribution >= 4 is 33.4 Å². The largest absolute Gasteiger partial charge is 0.484 e. The predicted molar refractivity (Wildman–Crippen MR) is 136 cm³/mol. The SMILES string of the molecule is CS(=O)(=O)NC(=O)COc1ccc(-c2n[nH]c3c2C(=O)c2c(NC(=O)NN4CCOCC4)cccc2-3)cc1. The lowest BCUT2D eigenvalue weighted by molar-refractivity contribution is -0.121. The first-order chi connectivity index (χ1) is 18.2. The molecule has 1 aliphatic carbocycles. The van der Waals surface area contributed by atoms with Gasteiger partial charge in [0.15, 0.2) is 12.4 Å². The van der Waals surface area contributed by atoms with Crippen molar-refractivity contribution in [2.24, 2.45) is 0 Å². The number of hydrogen-bond acceptors (Lipinski definition) is 9. The van der Waals surface area contributed by atoms with Gasteiger partial charge < -0.3 is 14.8 Å². The molecule has 198 valence electrons. The summed E-state index contributed by atoms with van der Waals surface area (Å²) in [4.78, 5) is 37.7. The van der Waals surface area contributed by atoms with Crippen LogP contribution in [0.25, 0.3) is 22.5 Å². The van der Waals surface area contributed by atoms with Gasteiger partial charge >= 0.3 is 6.03 Å². The van der Waals surface area contributed by atoms with Crippen molar-refractivity contribution in [1.29, 1.82) is 0 Å². The van der Waals surface area contributed by atoms with Crippen molar-refractivity contribution in [1.82, 2.24) is 25.4 Å². The van der Waals surface area contributed by atoms with Gasteiger partial charge in [-0.25, -0.2) is 18.2 Å². The van der Waals surface area contributed by atoms with Crippen LogP contribution in [0.15, 0.2) is 42.5 Å². The number of fused-ring (bicyclic) bond motifs is 3. The number of urea groups is 1. The van der Waals surface area contributed by atoms with Gasteiger partial charge in [-0.3, -0.25) is 24.8 Å². The molecule has 4 N–H and O–H groups in total. The first kappa shape index (κ1) is 25.4. The van der Waals surface area contributed by atoms with Crippen LogP contribution in [0.1, 0.15) is 15.9 Å². The Morgan fingerprint density at radius 2 is 1.84 bits per heavy atom. The van der Waals surface area contributed by atoms with Crippen molar-refractivity contribution in [3.05, 3.63) is 53.6 Å². The van der Waals surface area contributed by atoms with Crippen molar-refractivity contribution in [2.75, 3.05) is 44.5 Å². The highest BCUT2D eigenvalue weighted by Crippen LogP contribution is 2.43. The Morgan fingerprint density at radius 3 is 2.55 bits per heavy atom. The summed E-state index contributed by atoms with van der Waals surface area (Å²) in [6.07, 6.45) is 0.876. The Balaban J connectivity index is 1.31. The monoisotopic (exact) mass is 540 g/mol. The molecule has 0 radical (unpaired) electrons. The molecule has 38 heavy (non-hydrogen) atoms. The van der Waals surface area contributed by atoms with Crippen molar-refractivity contribution in [3.8, 4) is 28.3 Å². The smallest absolute Gasteiger partial charge is 0.333 e. The van der Waals surface area contributed by atoms with Crippen LogP contribution in [0.2, 0.25) is 0 Å². The summed E-state index contributed by atoms with van der Waals surface area (Å²) in [5.74, 6) is -0.746. The number of carbonyl (C=O) groups excluding carboxylic acids is 3. The number of nitrogens with zero attached hydrogens (tertiary/aromatic N) is 2. The van der Waals surface area contributed by atoms with Crippen molar-refractivity contribution in [3.63, 3.8) is 0 Å². The normalized spacial score (nSPS) is 14.9. The second kappa shape index (κ2) is 10.2. The number of amides is 3. The Labute approximate surface area is 217 Å². The van der Waals surface area contributed by atoms with E-state index in [1.54, 1.807) is 47.5 Å². The summed E-state index contributed by atoms with van der Waals surface area (Å²) in [5.41, 5.74) is 6.11. The number of aromatic nitrogens is 2. The number of sulfonamides is 1. The van der Waals surface area contributed by atoms with E-state index in [9.17, 15) is 22.8 Å². The highest BCUT2D eigenvalue weighted by atomic mass is 32.2. The molecule has 2 aliphatic rings. The van der Waals surface area contributed by atoms with Gasteiger partial charge in [0, 0.05) is 24.2 Å². The zero-order chi connectivity index (χ0) is 26.9. The predicted octanol–water partition coefficient (Wildman–Crippen LogP) is 1.11. The van der Waals surface area contributed by atoms with Gasteiger partial charge in [-0.2, -0.15) is 5.10 Å². The molecule has 0 saturated carbocycles. The number of ether oxygens (including phenoxy) is 2. The molecule has 5 rings (SSSR count). The van der Waals surface area contributed by atoms with Gasteiger partial charge in [-0.1, -0.05) is 12.1 Å². The quantitative estimate of drug-likeness (QED) is 0.268. The molecular weight excluding hydrogens is 516 g/mol. The first-order valence-electron chi connectivity index (χ1n) is 11.6. The van der Waals surface area contributed by atoms with E-state index in [4.69, 9.17) is 9.47 Å². The van der Waals surface area contributed by atoms with Crippen LogP contribution in [0, 0.1) is 0 Å². The van der Waals surface area contributed by atoms with E-state index in [1.807, 2.05) is 4.72 Å². The molecular formula is C24H24N6O7S. The lowest BCUT2D eigenvalue weighted by atomic mass is 10.0. The molecule has 0 unspecified atom stereocenters. The number of anilines is 1. The number of morpholine rings is 1. The number of benzene rings is 2. The van der Waals surface area contributed by atoms with E-state index in [0.717, 1.165) is 6.26 Å². The zero-order valence-corrected chi connectivity index (χ0v) is 21.1. The number of rotatable bonds is 7. The fourth-order valence-corrected chi connectivity index (χ4v) is 4.74. The Bertz CT molecular complexity index is 1510. The van der Waals surface area contributed by atoms with Gasteiger partial charge in [0.2, 0.25) is 10.0 Å². The number of hydrazine groups is 1. The van der Waals surface area contributed by atoms with Crippen LogP contribution < -0.4 is 20.2 Å². The maximum Gasteiger partial charge on any atom is 0.333 e. The molecule has 0 bridgehead atoms. The van der Waals surface area contributed by atoms with Crippen LogP contribution in [0.3, 0.4) is 0 Å². The second-order valence-electron chi connectivity index (χ2n) is 8.66. The fourth-order valence-electron chi connectivity index (χ4n) is 4.26. The zero-order valence-electron chi connectivity index (χ0n) is 20.2. The minimum atomic E-state index is -3.67. The number of ketones is 1. The average molecular weight is 541 g/mol. The second-order valence-corrected chi connectivity index (χ2v) is 10.4. The Morgan fingerprint density at radius 1 is 1.11 bits per heavy atom. The van der Waals surface area contributed by atoms with Crippen molar-refractivity contribution < 1.29 is 32.3 Å². The Hall–Kier alpha value is -4.27. The molecule has 2 aromatic carbocycles. The number of hydrogen-bond donors (Lipinski definition) is 4.